The van der Waals surface area contributed by atoms with E-state index in [9.17, 15) is 15.2 Å². The summed E-state index contributed by atoms with van der Waals surface area (Å²) in [6.07, 6.45) is 1.65. The molecule has 104 valence electrons. The number of aliphatic carboxylic acids is 1. The highest BCUT2D eigenvalue weighted by Crippen LogP contribution is 2.61. The molecular weight excluding hydrogens is 297 g/mol. The molecule has 1 aromatic carbocycles. The molecule has 0 aromatic heterocycles. The van der Waals surface area contributed by atoms with Gasteiger partial charge in [-0.3, -0.25) is 4.79 Å². The second kappa shape index (κ2) is 5.12. The fourth-order valence-electron chi connectivity index (χ4n) is 2.66. The monoisotopic (exact) mass is 309 g/mol. The van der Waals surface area contributed by atoms with Gasteiger partial charge in [0.2, 0.25) is 0 Å². The Kier molecular flexibility index (Phi) is 3.82. The molecule has 1 saturated carbocycles. The molecule has 2 unspecified atom stereocenters. The van der Waals surface area contributed by atoms with Gasteiger partial charge in [0.1, 0.15) is 0 Å². The number of benzene rings is 1. The summed E-state index contributed by atoms with van der Waals surface area (Å²) in [4.78, 5) is 11.2. The zero-order valence-electron chi connectivity index (χ0n) is 11.0. The molecule has 0 bridgehead atoms. The van der Waals surface area contributed by atoms with Crippen molar-refractivity contribution in [1.29, 1.82) is 5.26 Å². The molecule has 20 heavy (non-hydrogen) atoms. The molecule has 1 aromatic rings. The lowest BCUT2D eigenvalue weighted by Crippen LogP contribution is -2.03. The molecule has 1 aliphatic rings. The van der Waals surface area contributed by atoms with E-state index < -0.39 is 17.3 Å². The van der Waals surface area contributed by atoms with E-state index >= 15 is 0 Å². The number of halogens is 2. The minimum absolute atomic E-state index is 0.281. The Bertz CT molecular complexity index is 644. The average molecular weight is 310 g/mol. The largest absolute Gasteiger partial charge is 0.481 e. The predicted octanol–water partition coefficient (Wildman–Crippen LogP) is 4.26. The van der Waals surface area contributed by atoms with Gasteiger partial charge in [-0.25, -0.2) is 0 Å². The summed E-state index contributed by atoms with van der Waals surface area (Å²) in [6, 6.07) is 7.09. The molecule has 1 fully saturated rings. The molecule has 3 nitrogen and oxygen atoms in total. The van der Waals surface area contributed by atoms with Crippen molar-refractivity contribution in [3.63, 3.8) is 0 Å². The van der Waals surface area contributed by atoms with Crippen LogP contribution in [0, 0.1) is 28.6 Å². The summed E-state index contributed by atoms with van der Waals surface area (Å²) < 4.78 is 0. The molecule has 0 heterocycles. The topological polar surface area (TPSA) is 61.1 Å². The van der Waals surface area contributed by atoms with Crippen LogP contribution in [-0.2, 0) is 4.79 Å². The number of allylic oxidation sites excluding steroid dienone is 1. The van der Waals surface area contributed by atoms with Crippen molar-refractivity contribution >= 4 is 35.2 Å². The van der Waals surface area contributed by atoms with Gasteiger partial charge in [-0.1, -0.05) is 43.1 Å². The van der Waals surface area contributed by atoms with Gasteiger partial charge in [-0.05, 0) is 29.2 Å². The molecule has 5 heteroatoms. The van der Waals surface area contributed by atoms with E-state index in [0.717, 1.165) is 0 Å². The summed E-state index contributed by atoms with van der Waals surface area (Å²) in [6.45, 7) is 3.70. The Labute approximate surface area is 127 Å². The van der Waals surface area contributed by atoms with Crippen molar-refractivity contribution in [1.82, 2.24) is 0 Å². The zero-order valence-corrected chi connectivity index (χ0v) is 12.5. The summed E-state index contributed by atoms with van der Waals surface area (Å²) >= 11 is 11.9. The Balaban J connectivity index is 2.37. The van der Waals surface area contributed by atoms with Gasteiger partial charge < -0.3 is 5.11 Å². The molecule has 2 rings (SSSR count). The summed E-state index contributed by atoms with van der Waals surface area (Å²) in [5.41, 5.74) is 0.692. The van der Waals surface area contributed by atoms with Crippen LogP contribution >= 0.6 is 23.2 Å². The lowest BCUT2D eigenvalue weighted by Gasteiger charge is -2.03. The number of carboxylic acid groups (broad SMARTS) is 1. The van der Waals surface area contributed by atoms with Gasteiger partial charge in [0.25, 0.3) is 0 Å². The zero-order chi connectivity index (χ0) is 15.1. The van der Waals surface area contributed by atoms with E-state index in [0.29, 0.717) is 21.2 Å². The Morgan fingerprint density at radius 3 is 2.50 bits per heavy atom. The highest BCUT2D eigenvalue weighted by atomic mass is 35.5. The fraction of sp³-hybridized carbons (Fsp3) is 0.333. The normalized spacial score (nSPS) is 24.1. The van der Waals surface area contributed by atoms with Gasteiger partial charge in [0, 0.05) is 21.5 Å². The highest BCUT2D eigenvalue weighted by Gasteiger charge is 2.63. The van der Waals surface area contributed by atoms with Gasteiger partial charge in [0.15, 0.2) is 0 Å². The molecule has 1 aliphatic carbocycles. The van der Waals surface area contributed by atoms with Crippen LogP contribution in [0.25, 0.3) is 6.08 Å². The van der Waals surface area contributed by atoms with E-state index in [4.69, 9.17) is 23.2 Å². The Morgan fingerprint density at radius 1 is 1.40 bits per heavy atom. The number of rotatable bonds is 3. The molecule has 0 amide bonds. The third-order valence-corrected chi connectivity index (χ3v) is 4.39. The maximum Gasteiger partial charge on any atom is 0.307 e. The third-order valence-electron chi connectivity index (χ3n) is 3.83. The summed E-state index contributed by atoms with van der Waals surface area (Å²) in [7, 11) is 0. The molecular formula is C15H13Cl2NO2. The number of carbonyl (C=O) groups is 1. The van der Waals surface area contributed by atoms with E-state index in [2.05, 4.69) is 6.07 Å². The lowest BCUT2D eigenvalue weighted by molar-refractivity contribution is -0.139. The van der Waals surface area contributed by atoms with Gasteiger partial charge in [-0.15, -0.1) is 0 Å². The first-order valence-electron chi connectivity index (χ1n) is 6.08. The fourth-order valence-corrected chi connectivity index (χ4v) is 3.12. The van der Waals surface area contributed by atoms with Crippen molar-refractivity contribution in [2.45, 2.75) is 13.8 Å². The van der Waals surface area contributed by atoms with Crippen molar-refractivity contribution in [2.24, 2.45) is 17.3 Å². The molecule has 0 saturated heterocycles. The van der Waals surface area contributed by atoms with E-state index in [1.165, 1.54) is 0 Å². The second-order valence-corrected chi connectivity index (χ2v) is 6.34. The number of nitriles is 1. The number of carboxylic acids is 1. The van der Waals surface area contributed by atoms with Gasteiger partial charge in [-0.2, -0.15) is 5.26 Å². The first-order chi connectivity index (χ1) is 9.28. The smallest absolute Gasteiger partial charge is 0.307 e. The highest BCUT2D eigenvalue weighted by molar-refractivity contribution is 6.35. The maximum absolute atomic E-state index is 11.2. The molecule has 1 N–H and O–H groups in total. The third kappa shape index (κ3) is 2.54. The Morgan fingerprint density at radius 2 is 2.05 bits per heavy atom. The predicted molar refractivity (Wildman–Crippen MR) is 78.4 cm³/mol. The van der Waals surface area contributed by atoms with Crippen LogP contribution < -0.4 is 0 Å². The standard InChI is InChI=1S/C15H13Cl2NO2/c1-15(2)12(13(15)14(19)20)9(7-18)5-8-3-4-10(16)6-11(8)17/h3-6,12-13H,1-2H3,(H,19,20). The number of nitrogens with zero attached hydrogens (tertiary/aromatic N) is 1. The Hall–Kier alpha value is -1.50. The van der Waals surface area contributed by atoms with Crippen LogP contribution in [0.5, 0.6) is 0 Å². The quantitative estimate of drug-likeness (QED) is 0.849. The first kappa shape index (κ1) is 14.9. The van der Waals surface area contributed by atoms with Crippen molar-refractivity contribution in [2.75, 3.05) is 0 Å². The van der Waals surface area contributed by atoms with Crippen LogP contribution in [0.4, 0.5) is 0 Å². The second-order valence-electron chi connectivity index (χ2n) is 5.49. The number of hydrogen-bond donors (Lipinski definition) is 1. The average Bonchev–Trinajstić information content (AvgIpc) is 2.91. The van der Waals surface area contributed by atoms with Crippen molar-refractivity contribution < 1.29 is 9.90 Å². The lowest BCUT2D eigenvalue weighted by atomic mass is 10.0. The molecule has 2 atom stereocenters. The van der Waals surface area contributed by atoms with Crippen molar-refractivity contribution in [3.05, 3.63) is 39.4 Å². The first-order valence-corrected chi connectivity index (χ1v) is 6.84. The van der Waals surface area contributed by atoms with E-state index in [1.54, 1.807) is 24.3 Å². The van der Waals surface area contributed by atoms with E-state index in [-0.39, 0.29) is 5.92 Å². The molecule has 0 spiro atoms. The summed E-state index contributed by atoms with van der Waals surface area (Å²) in [5.74, 6) is -1.68. The van der Waals surface area contributed by atoms with Crippen LogP contribution in [0.15, 0.2) is 23.8 Å². The number of hydrogen-bond acceptors (Lipinski definition) is 2. The van der Waals surface area contributed by atoms with Crippen LogP contribution in [0.3, 0.4) is 0 Å². The van der Waals surface area contributed by atoms with Crippen LogP contribution in [-0.4, -0.2) is 11.1 Å². The minimum Gasteiger partial charge on any atom is -0.481 e. The molecule has 0 radical (unpaired) electrons. The molecule has 0 aliphatic heterocycles. The SMILES string of the molecule is CC1(C)C(C(=O)O)C1C(C#N)=Cc1ccc(Cl)cc1Cl. The van der Waals surface area contributed by atoms with E-state index in [1.807, 2.05) is 13.8 Å². The van der Waals surface area contributed by atoms with Gasteiger partial charge >= 0.3 is 5.97 Å². The van der Waals surface area contributed by atoms with Crippen molar-refractivity contribution in [3.8, 4) is 6.07 Å². The van der Waals surface area contributed by atoms with Crippen LogP contribution in [0.2, 0.25) is 10.0 Å². The van der Waals surface area contributed by atoms with Crippen LogP contribution in [0.1, 0.15) is 19.4 Å². The minimum atomic E-state index is -0.872. The van der Waals surface area contributed by atoms with Gasteiger partial charge in [0.05, 0.1) is 12.0 Å². The maximum atomic E-state index is 11.2. The summed E-state index contributed by atoms with van der Waals surface area (Å²) in [5, 5.41) is 19.4.